The second-order valence-electron chi connectivity index (χ2n) is 6.61. The van der Waals surface area contributed by atoms with Crippen LogP contribution in [-0.2, 0) is 14.3 Å². The monoisotopic (exact) mass is 295 g/mol. The Hall–Kier alpha value is -1.06. The molecule has 4 nitrogen and oxygen atoms in total. The molecule has 4 heteroatoms. The molecule has 0 aliphatic heterocycles. The normalized spacial score (nSPS) is 21.0. The fourth-order valence-corrected chi connectivity index (χ4v) is 3.53. The number of nitrogens with one attached hydrogen (secondary N) is 1. The van der Waals surface area contributed by atoms with Crippen molar-refractivity contribution in [2.45, 2.75) is 83.1 Å². The molecule has 0 spiro atoms. The zero-order valence-electron chi connectivity index (χ0n) is 13.1. The highest BCUT2D eigenvalue weighted by Crippen LogP contribution is 2.28. The molecule has 0 atom stereocenters. The Morgan fingerprint density at radius 3 is 2.19 bits per heavy atom. The summed E-state index contributed by atoms with van der Waals surface area (Å²) in [5, 5.41) is 3.00. The van der Waals surface area contributed by atoms with Gasteiger partial charge in [0.2, 0.25) is 0 Å². The molecule has 1 amide bonds. The van der Waals surface area contributed by atoms with E-state index in [1.165, 1.54) is 51.4 Å². The van der Waals surface area contributed by atoms with E-state index in [0.717, 1.165) is 19.3 Å². The van der Waals surface area contributed by atoms with Crippen LogP contribution in [0.1, 0.15) is 77.0 Å². The quantitative estimate of drug-likeness (QED) is 0.604. The van der Waals surface area contributed by atoms with Gasteiger partial charge in [0, 0.05) is 12.5 Å². The van der Waals surface area contributed by atoms with Gasteiger partial charge < -0.3 is 10.1 Å². The molecule has 2 fully saturated rings. The van der Waals surface area contributed by atoms with Crippen LogP contribution in [0.4, 0.5) is 0 Å². The highest BCUT2D eigenvalue weighted by Gasteiger charge is 2.18. The molecule has 21 heavy (non-hydrogen) atoms. The molecule has 0 aromatic rings. The minimum atomic E-state index is -0.224. The van der Waals surface area contributed by atoms with Crippen LogP contribution >= 0.6 is 0 Å². The van der Waals surface area contributed by atoms with Crippen LogP contribution in [0.5, 0.6) is 0 Å². The first-order chi connectivity index (χ1) is 10.2. The highest BCUT2D eigenvalue weighted by atomic mass is 16.5. The molecule has 0 radical (unpaired) electrons. The number of ether oxygens (including phenoxy) is 1. The first kappa shape index (κ1) is 16.3. The van der Waals surface area contributed by atoms with E-state index in [9.17, 15) is 9.59 Å². The van der Waals surface area contributed by atoms with Crippen molar-refractivity contribution in [3.63, 3.8) is 0 Å². The van der Waals surface area contributed by atoms with E-state index in [1.54, 1.807) is 0 Å². The van der Waals surface area contributed by atoms with E-state index in [0.29, 0.717) is 12.3 Å². The SMILES string of the molecule is O=C(COC(=O)CCC1CCCC1)NC1CCCCCC1. The third-order valence-corrected chi connectivity index (χ3v) is 4.82. The summed E-state index contributed by atoms with van der Waals surface area (Å²) < 4.78 is 5.09. The maximum Gasteiger partial charge on any atom is 0.306 e. The Morgan fingerprint density at radius 1 is 0.905 bits per heavy atom. The fourth-order valence-electron chi connectivity index (χ4n) is 3.53. The van der Waals surface area contributed by atoms with Crippen LogP contribution in [0.25, 0.3) is 0 Å². The van der Waals surface area contributed by atoms with Gasteiger partial charge in [-0.2, -0.15) is 0 Å². The largest absolute Gasteiger partial charge is 0.456 e. The molecule has 120 valence electrons. The number of rotatable bonds is 6. The summed E-state index contributed by atoms with van der Waals surface area (Å²) in [6.07, 6.45) is 13.5. The Morgan fingerprint density at radius 2 is 1.52 bits per heavy atom. The molecule has 0 saturated heterocycles. The summed E-state index contributed by atoms with van der Waals surface area (Å²) in [4.78, 5) is 23.4. The van der Waals surface area contributed by atoms with Gasteiger partial charge in [-0.1, -0.05) is 51.4 Å². The smallest absolute Gasteiger partial charge is 0.306 e. The van der Waals surface area contributed by atoms with Crippen molar-refractivity contribution >= 4 is 11.9 Å². The van der Waals surface area contributed by atoms with Crippen LogP contribution in [0.15, 0.2) is 0 Å². The highest BCUT2D eigenvalue weighted by molar-refractivity contribution is 5.80. The fraction of sp³-hybridized carbons (Fsp3) is 0.882. The molecule has 2 saturated carbocycles. The number of carbonyl (C=O) groups excluding carboxylic acids is 2. The average Bonchev–Trinajstić information content (AvgIpc) is 2.87. The molecular formula is C17H29NO3. The molecule has 2 aliphatic carbocycles. The van der Waals surface area contributed by atoms with Gasteiger partial charge in [0.15, 0.2) is 6.61 Å². The molecule has 0 aromatic carbocycles. The lowest BCUT2D eigenvalue weighted by Crippen LogP contribution is -2.37. The number of carbonyl (C=O) groups is 2. The second kappa shape index (κ2) is 9.06. The minimum Gasteiger partial charge on any atom is -0.456 e. The maximum absolute atomic E-state index is 11.8. The van der Waals surface area contributed by atoms with Crippen LogP contribution in [0, 0.1) is 5.92 Å². The van der Waals surface area contributed by atoms with E-state index < -0.39 is 0 Å². The molecule has 1 N–H and O–H groups in total. The molecule has 0 aromatic heterocycles. The number of esters is 1. The van der Waals surface area contributed by atoms with Gasteiger partial charge in [-0.3, -0.25) is 9.59 Å². The van der Waals surface area contributed by atoms with E-state index >= 15 is 0 Å². The van der Waals surface area contributed by atoms with Crippen LogP contribution in [-0.4, -0.2) is 24.5 Å². The van der Waals surface area contributed by atoms with Crippen molar-refractivity contribution in [3.8, 4) is 0 Å². The van der Waals surface area contributed by atoms with Gasteiger partial charge in [-0.05, 0) is 25.2 Å². The van der Waals surface area contributed by atoms with Crippen LogP contribution in [0.3, 0.4) is 0 Å². The Balaban J connectivity index is 1.55. The third-order valence-electron chi connectivity index (χ3n) is 4.82. The minimum absolute atomic E-state index is 0.111. The standard InChI is InChI=1S/C17H29NO3/c19-16(18-15-9-3-1-2-4-10-15)13-21-17(20)12-11-14-7-5-6-8-14/h14-15H,1-13H2,(H,18,19). The Labute approximate surface area is 128 Å². The van der Waals surface area contributed by atoms with Gasteiger partial charge >= 0.3 is 5.97 Å². The molecule has 2 aliphatic rings. The zero-order chi connectivity index (χ0) is 14.9. The van der Waals surface area contributed by atoms with Crippen LogP contribution < -0.4 is 5.32 Å². The van der Waals surface area contributed by atoms with Crippen molar-refractivity contribution < 1.29 is 14.3 Å². The summed E-state index contributed by atoms with van der Waals surface area (Å²) in [5.41, 5.74) is 0. The molecular weight excluding hydrogens is 266 g/mol. The van der Waals surface area contributed by atoms with E-state index in [4.69, 9.17) is 4.74 Å². The topological polar surface area (TPSA) is 55.4 Å². The lowest BCUT2D eigenvalue weighted by Gasteiger charge is -2.16. The Bertz CT molecular complexity index is 329. The first-order valence-electron chi connectivity index (χ1n) is 8.69. The summed E-state index contributed by atoms with van der Waals surface area (Å²) in [5.74, 6) is 0.325. The van der Waals surface area contributed by atoms with Crippen molar-refractivity contribution in [1.29, 1.82) is 0 Å². The van der Waals surface area contributed by atoms with Gasteiger partial charge in [0.25, 0.3) is 5.91 Å². The van der Waals surface area contributed by atoms with Gasteiger partial charge in [0.1, 0.15) is 0 Å². The predicted octanol–water partition coefficient (Wildman–Crippen LogP) is 3.34. The summed E-state index contributed by atoms with van der Waals surface area (Å²) >= 11 is 0. The van der Waals surface area contributed by atoms with E-state index in [-0.39, 0.29) is 24.5 Å². The zero-order valence-corrected chi connectivity index (χ0v) is 13.1. The molecule has 0 unspecified atom stereocenters. The van der Waals surface area contributed by atoms with E-state index in [2.05, 4.69) is 5.32 Å². The number of hydrogen-bond donors (Lipinski definition) is 1. The van der Waals surface area contributed by atoms with Gasteiger partial charge in [-0.25, -0.2) is 0 Å². The van der Waals surface area contributed by atoms with Crippen molar-refractivity contribution in [1.82, 2.24) is 5.32 Å². The van der Waals surface area contributed by atoms with Crippen molar-refractivity contribution in [2.75, 3.05) is 6.61 Å². The molecule has 0 bridgehead atoms. The van der Waals surface area contributed by atoms with E-state index in [1.807, 2.05) is 0 Å². The number of amides is 1. The number of hydrogen-bond acceptors (Lipinski definition) is 3. The van der Waals surface area contributed by atoms with Crippen molar-refractivity contribution in [3.05, 3.63) is 0 Å². The summed E-state index contributed by atoms with van der Waals surface area (Å²) in [6, 6.07) is 0.275. The molecule has 2 rings (SSSR count). The molecule has 0 heterocycles. The second-order valence-corrected chi connectivity index (χ2v) is 6.61. The van der Waals surface area contributed by atoms with Gasteiger partial charge in [-0.15, -0.1) is 0 Å². The van der Waals surface area contributed by atoms with Gasteiger partial charge in [0.05, 0.1) is 0 Å². The lowest BCUT2D eigenvalue weighted by atomic mass is 10.0. The lowest BCUT2D eigenvalue weighted by molar-refractivity contribution is -0.149. The average molecular weight is 295 g/mol. The Kier molecular flexibility index (Phi) is 7.04. The summed E-state index contributed by atoms with van der Waals surface area (Å²) in [7, 11) is 0. The summed E-state index contributed by atoms with van der Waals surface area (Å²) in [6.45, 7) is -0.111. The maximum atomic E-state index is 11.8. The predicted molar refractivity (Wildman–Crippen MR) is 81.8 cm³/mol. The van der Waals surface area contributed by atoms with Crippen LogP contribution in [0.2, 0.25) is 0 Å². The van der Waals surface area contributed by atoms with Crippen molar-refractivity contribution in [2.24, 2.45) is 5.92 Å². The third kappa shape index (κ3) is 6.49. The first-order valence-corrected chi connectivity index (χ1v) is 8.69.